The average Bonchev–Trinajstić information content (AvgIpc) is 2.29. The zero-order valence-corrected chi connectivity index (χ0v) is 9.72. The molecule has 0 amide bonds. The maximum atomic E-state index is 11.8. The van der Waals surface area contributed by atoms with Crippen LogP contribution in [0.4, 0.5) is 0 Å². The standard InChI is InChI=1S/C10H13NO5S/c12-7-6-9(10(13)14)11-17(15,16)8-4-2-1-3-5-8/h1-5,9,11-12H,6-7H2,(H,13,14)/t9-/m1/s1. The van der Waals surface area contributed by atoms with Gasteiger partial charge in [0.25, 0.3) is 0 Å². The van der Waals surface area contributed by atoms with Crippen molar-refractivity contribution >= 4 is 16.0 Å². The SMILES string of the molecule is O=C(O)[C@@H](CCO)NS(=O)(=O)c1ccccc1. The van der Waals surface area contributed by atoms with Gasteiger partial charge in [-0.1, -0.05) is 18.2 Å². The van der Waals surface area contributed by atoms with Crippen LogP contribution in [-0.2, 0) is 14.8 Å². The van der Waals surface area contributed by atoms with Crippen LogP contribution in [0.15, 0.2) is 35.2 Å². The Labute approximate surface area is 99.0 Å². The highest BCUT2D eigenvalue weighted by atomic mass is 32.2. The first-order valence-corrected chi connectivity index (χ1v) is 6.36. The molecule has 0 saturated heterocycles. The molecular formula is C10H13NO5S. The normalized spacial score (nSPS) is 13.2. The molecular weight excluding hydrogens is 246 g/mol. The van der Waals surface area contributed by atoms with Crippen molar-refractivity contribution < 1.29 is 23.4 Å². The van der Waals surface area contributed by atoms with E-state index in [0.717, 1.165) is 0 Å². The third-order valence-electron chi connectivity index (χ3n) is 2.07. The third kappa shape index (κ3) is 3.81. The van der Waals surface area contributed by atoms with Crippen LogP contribution in [0.3, 0.4) is 0 Å². The van der Waals surface area contributed by atoms with Crippen LogP contribution in [0.2, 0.25) is 0 Å². The number of aliphatic carboxylic acids is 1. The molecule has 6 nitrogen and oxygen atoms in total. The van der Waals surface area contributed by atoms with E-state index in [1.54, 1.807) is 6.07 Å². The first kappa shape index (κ1) is 13.6. The monoisotopic (exact) mass is 259 g/mol. The Morgan fingerprint density at radius 1 is 1.29 bits per heavy atom. The van der Waals surface area contributed by atoms with Crippen LogP contribution >= 0.6 is 0 Å². The summed E-state index contributed by atoms with van der Waals surface area (Å²) >= 11 is 0. The maximum absolute atomic E-state index is 11.8. The minimum absolute atomic E-state index is 0.0100. The van der Waals surface area contributed by atoms with Crippen molar-refractivity contribution in [2.75, 3.05) is 6.61 Å². The van der Waals surface area contributed by atoms with Crippen molar-refractivity contribution in [1.82, 2.24) is 4.72 Å². The number of hydrogen-bond donors (Lipinski definition) is 3. The van der Waals surface area contributed by atoms with E-state index in [1.807, 2.05) is 4.72 Å². The molecule has 0 aromatic heterocycles. The largest absolute Gasteiger partial charge is 0.480 e. The second kappa shape index (κ2) is 5.76. The van der Waals surface area contributed by atoms with Gasteiger partial charge in [-0.15, -0.1) is 0 Å². The Morgan fingerprint density at radius 3 is 2.35 bits per heavy atom. The summed E-state index contributed by atoms with van der Waals surface area (Å²) < 4.78 is 25.6. The van der Waals surface area contributed by atoms with Gasteiger partial charge in [0, 0.05) is 6.61 Å². The van der Waals surface area contributed by atoms with E-state index in [0.29, 0.717) is 0 Å². The molecule has 0 heterocycles. The van der Waals surface area contributed by atoms with Crippen LogP contribution in [0.25, 0.3) is 0 Å². The molecule has 94 valence electrons. The Balaban J connectivity index is 2.89. The molecule has 0 radical (unpaired) electrons. The maximum Gasteiger partial charge on any atom is 0.321 e. The van der Waals surface area contributed by atoms with Gasteiger partial charge in [-0.05, 0) is 18.6 Å². The van der Waals surface area contributed by atoms with E-state index in [2.05, 4.69) is 0 Å². The van der Waals surface area contributed by atoms with Crippen molar-refractivity contribution in [2.24, 2.45) is 0 Å². The van der Waals surface area contributed by atoms with Gasteiger partial charge in [-0.3, -0.25) is 4.79 Å². The number of carboxylic acid groups (broad SMARTS) is 1. The van der Waals surface area contributed by atoms with E-state index >= 15 is 0 Å². The lowest BCUT2D eigenvalue weighted by atomic mass is 10.2. The molecule has 1 rings (SSSR count). The minimum atomic E-state index is -3.87. The summed E-state index contributed by atoms with van der Waals surface area (Å²) in [7, 11) is -3.87. The van der Waals surface area contributed by atoms with Crippen molar-refractivity contribution in [2.45, 2.75) is 17.4 Å². The molecule has 0 bridgehead atoms. The molecule has 1 aromatic carbocycles. The molecule has 0 fully saturated rings. The zero-order chi connectivity index (χ0) is 12.9. The number of benzene rings is 1. The molecule has 0 aliphatic heterocycles. The minimum Gasteiger partial charge on any atom is -0.480 e. The Kier molecular flexibility index (Phi) is 4.62. The number of rotatable bonds is 6. The average molecular weight is 259 g/mol. The number of hydrogen-bond acceptors (Lipinski definition) is 4. The molecule has 0 unspecified atom stereocenters. The lowest BCUT2D eigenvalue weighted by Crippen LogP contribution is -2.41. The van der Waals surface area contributed by atoms with Crippen molar-refractivity contribution in [3.05, 3.63) is 30.3 Å². The lowest BCUT2D eigenvalue weighted by Gasteiger charge is -2.13. The van der Waals surface area contributed by atoms with Crippen LogP contribution in [-0.4, -0.2) is 37.2 Å². The fourth-order valence-corrected chi connectivity index (χ4v) is 2.46. The Hall–Kier alpha value is -1.44. The predicted octanol–water partition coefficient (Wildman–Crippen LogP) is -0.200. The van der Waals surface area contributed by atoms with Crippen LogP contribution < -0.4 is 4.72 Å². The zero-order valence-electron chi connectivity index (χ0n) is 8.91. The molecule has 0 aliphatic carbocycles. The summed E-state index contributed by atoms with van der Waals surface area (Å²) in [6.45, 7) is -0.408. The van der Waals surface area contributed by atoms with Gasteiger partial charge >= 0.3 is 5.97 Å². The molecule has 0 saturated carbocycles. The third-order valence-corrected chi connectivity index (χ3v) is 3.55. The summed E-state index contributed by atoms with van der Waals surface area (Å²) in [6, 6.07) is 6.12. The number of nitrogens with one attached hydrogen (secondary N) is 1. The van der Waals surface area contributed by atoms with Gasteiger partial charge in [-0.2, -0.15) is 4.72 Å². The smallest absolute Gasteiger partial charge is 0.321 e. The number of sulfonamides is 1. The molecule has 3 N–H and O–H groups in total. The molecule has 1 atom stereocenters. The summed E-state index contributed by atoms with van der Waals surface area (Å²) in [5.74, 6) is -1.32. The summed E-state index contributed by atoms with van der Waals surface area (Å²) in [5, 5.41) is 17.4. The lowest BCUT2D eigenvalue weighted by molar-refractivity contribution is -0.139. The highest BCUT2D eigenvalue weighted by molar-refractivity contribution is 7.89. The van der Waals surface area contributed by atoms with E-state index < -0.39 is 28.6 Å². The molecule has 0 aliphatic rings. The second-order valence-corrected chi connectivity index (χ2v) is 5.05. The second-order valence-electron chi connectivity index (χ2n) is 3.34. The quantitative estimate of drug-likeness (QED) is 0.656. The Morgan fingerprint density at radius 2 is 1.88 bits per heavy atom. The fraction of sp³-hybridized carbons (Fsp3) is 0.300. The van der Waals surface area contributed by atoms with E-state index in [9.17, 15) is 13.2 Å². The molecule has 7 heteroatoms. The first-order valence-electron chi connectivity index (χ1n) is 4.88. The number of aliphatic hydroxyl groups excluding tert-OH is 1. The topological polar surface area (TPSA) is 104 Å². The van der Waals surface area contributed by atoms with Crippen molar-refractivity contribution in [3.63, 3.8) is 0 Å². The van der Waals surface area contributed by atoms with Gasteiger partial charge in [0.1, 0.15) is 6.04 Å². The van der Waals surface area contributed by atoms with Crippen molar-refractivity contribution in [1.29, 1.82) is 0 Å². The summed E-state index contributed by atoms with van der Waals surface area (Å²) in [4.78, 5) is 10.8. The van der Waals surface area contributed by atoms with E-state index in [4.69, 9.17) is 10.2 Å². The van der Waals surface area contributed by atoms with Crippen LogP contribution in [0.5, 0.6) is 0 Å². The van der Waals surface area contributed by atoms with Gasteiger partial charge in [0.15, 0.2) is 0 Å². The van der Waals surface area contributed by atoms with Crippen LogP contribution in [0.1, 0.15) is 6.42 Å². The summed E-state index contributed by atoms with van der Waals surface area (Å²) in [5.41, 5.74) is 0. The van der Waals surface area contributed by atoms with Crippen molar-refractivity contribution in [3.8, 4) is 0 Å². The van der Waals surface area contributed by atoms with E-state index in [-0.39, 0.29) is 11.3 Å². The number of aliphatic hydroxyl groups is 1. The number of carboxylic acids is 1. The predicted molar refractivity (Wildman–Crippen MR) is 59.9 cm³/mol. The number of carbonyl (C=O) groups is 1. The van der Waals surface area contributed by atoms with Gasteiger partial charge < -0.3 is 10.2 Å². The molecule has 17 heavy (non-hydrogen) atoms. The Bertz CT molecular complexity index is 471. The van der Waals surface area contributed by atoms with Gasteiger partial charge in [0.2, 0.25) is 10.0 Å². The fourth-order valence-electron chi connectivity index (χ4n) is 1.22. The molecule has 1 aromatic rings. The van der Waals surface area contributed by atoms with E-state index in [1.165, 1.54) is 24.3 Å². The van der Waals surface area contributed by atoms with Gasteiger partial charge in [0.05, 0.1) is 4.90 Å². The summed E-state index contributed by atoms with van der Waals surface area (Å²) in [6.07, 6.45) is -0.179. The molecule has 0 spiro atoms. The van der Waals surface area contributed by atoms with Gasteiger partial charge in [-0.25, -0.2) is 8.42 Å². The highest BCUT2D eigenvalue weighted by Gasteiger charge is 2.24. The highest BCUT2D eigenvalue weighted by Crippen LogP contribution is 2.08. The van der Waals surface area contributed by atoms with Crippen LogP contribution in [0, 0.1) is 0 Å². The first-order chi connectivity index (χ1) is 7.97.